The summed E-state index contributed by atoms with van der Waals surface area (Å²) >= 11 is 3.31. The van der Waals surface area contributed by atoms with Gasteiger partial charge in [-0.25, -0.2) is 0 Å². The van der Waals surface area contributed by atoms with Gasteiger partial charge in [0.2, 0.25) is 12.7 Å². The zero-order valence-corrected chi connectivity index (χ0v) is 12.1. The second kappa shape index (κ2) is 5.61. The van der Waals surface area contributed by atoms with Crippen molar-refractivity contribution in [1.82, 2.24) is 4.90 Å². The van der Waals surface area contributed by atoms with E-state index in [2.05, 4.69) is 15.9 Å². The Morgan fingerprint density at radius 2 is 2.17 bits per heavy atom. The van der Waals surface area contributed by atoms with Crippen LogP contribution in [0, 0.1) is 0 Å². The average molecular weight is 314 g/mol. The van der Waals surface area contributed by atoms with Crippen molar-refractivity contribution in [3.05, 3.63) is 23.8 Å². The maximum absolute atomic E-state index is 11.9. The predicted molar refractivity (Wildman–Crippen MR) is 72.0 cm³/mol. The van der Waals surface area contributed by atoms with Crippen molar-refractivity contribution >= 4 is 21.8 Å². The molecule has 0 N–H and O–H groups in total. The molecule has 2 rings (SSSR count). The summed E-state index contributed by atoms with van der Waals surface area (Å²) in [7, 11) is 0. The van der Waals surface area contributed by atoms with E-state index < -0.39 is 0 Å². The Labute approximate surface area is 115 Å². The first-order valence-corrected chi connectivity index (χ1v) is 6.84. The molecule has 4 nitrogen and oxygen atoms in total. The second-order valence-electron chi connectivity index (χ2n) is 4.16. The van der Waals surface area contributed by atoms with Crippen LogP contribution < -0.4 is 9.47 Å². The van der Waals surface area contributed by atoms with E-state index in [0.717, 1.165) is 17.1 Å². The molecule has 1 aliphatic rings. The van der Waals surface area contributed by atoms with E-state index in [1.54, 1.807) is 4.90 Å². The monoisotopic (exact) mass is 313 g/mol. The number of carbonyl (C=O) groups is 1. The van der Waals surface area contributed by atoms with Gasteiger partial charge in [-0.15, -0.1) is 0 Å². The molecule has 0 saturated carbocycles. The van der Waals surface area contributed by atoms with Crippen LogP contribution in [0.4, 0.5) is 0 Å². The van der Waals surface area contributed by atoms with Crippen LogP contribution in [0.25, 0.3) is 0 Å². The van der Waals surface area contributed by atoms with E-state index >= 15 is 0 Å². The zero-order chi connectivity index (χ0) is 13.1. The molecular weight excluding hydrogens is 298 g/mol. The summed E-state index contributed by atoms with van der Waals surface area (Å²) in [6.45, 7) is 5.35. The zero-order valence-electron chi connectivity index (χ0n) is 10.5. The molecule has 1 aliphatic heterocycles. The van der Waals surface area contributed by atoms with Crippen LogP contribution in [0.1, 0.15) is 19.4 Å². The van der Waals surface area contributed by atoms with Crippen molar-refractivity contribution in [1.29, 1.82) is 0 Å². The highest BCUT2D eigenvalue weighted by Gasteiger charge is 2.18. The fourth-order valence-corrected chi connectivity index (χ4v) is 2.15. The summed E-state index contributed by atoms with van der Waals surface area (Å²) in [5, 5.41) is 0. The van der Waals surface area contributed by atoms with Gasteiger partial charge in [-0.05, 0) is 31.5 Å². The van der Waals surface area contributed by atoms with Crippen LogP contribution in [0.5, 0.6) is 11.5 Å². The Balaban J connectivity index is 2.10. The van der Waals surface area contributed by atoms with Gasteiger partial charge in [0.05, 0.1) is 4.83 Å². The van der Waals surface area contributed by atoms with Crippen LogP contribution in [-0.4, -0.2) is 29.0 Å². The molecule has 0 spiro atoms. The summed E-state index contributed by atoms with van der Waals surface area (Å²) in [4.78, 5) is 13.6. The van der Waals surface area contributed by atoms with Crippen LogP contribution in [0.15, 0.2) is 18.2 Å². The number of hydrogen-bond donors (Lipinski definition) is 0. The van der Waals surface area contributed by atoms with E-state index in [0.29, 0.717) is 13.1 Å². The fourth-order valence-electron chi connectivity index (χ4n) is 1.86. The van der Waals surface area contributed by atoms with Gasteiger partial charge < -0.3 is 14.4 Å². The molecule has 0 saturated heterocycles. The van der Waals surface area contributed by atoms with Gasteiger partial charge in [-0.3, -0.25) is 4.79 Å². The molecule has 1 atom stereocenters. The first kappa shape index (κ1) is 13.2. The lowest BCUT2D eigenvalue weighted by Gasteiger charge is -2.22. The van der Waals surface area contributed by atoms with E-state index in [4.69, 9.17) is 9.47 Å². The van der Waals surface area contributed by atoms with Gasteiger partial charge >= 0.3 is 0 Å². The molecule has 0 bridgehead atoms. The number of nitrogens with zero attached hydrogens (tertiary/aromatic N) is 1. The maximum Gasteiger partial charge on any atom is 0.236 e. The standard InChI is InChI=1S/C13H16BrNO3/c1-3-15(13(16)9(2)14)7-10-4-5-11-12(6-10)18-8-17-11/h4-6,9H,3,7-8H2,1-2H3. The summed E-state index contributed by atoms with van der Waals surface area (Å²) < 4.78 is 10.6. The molecule has 0 aromatic heterocycles. The van der Waals surface area contributed by atoms with Gasteiger partial charge in [0.15, 0.2) is 11.5 Å². The van der Waals surface area contributed by atoms with E-state index in [9.17, 15) is 4.79 Å². The van der Waals surface area contributed by atoms with E-state index in [1.165, 1.54) is 0 Å². The largest absolute Gasteiger partial charge is 0.454 e. The van der Waals surface area contributed by atoms with Crippen molar-refractivity contribution in [2.75, 3.05) is 13.3 Å². The van der Waals surface area contributed by atoms with Gasteiger partial charge in [-0.2, -0.15) is 0 Å². The van der Waals surface area contributed by atoms with Crippen LogP contribution in [-0.2, 0) is 11.3 Å². The number of benzene rings is 1. The molecule has 1 heterocycles. The Hall–Kier alpha value is -1.23. The summed E-state index contributed by atoms with van der Waals surface area (Å²) in [6.07, 6.45) is 0. The quantitative estimate of drug-likeness (QED) is 0.802. The number of fused-ring (bicyclic) bond motifs is 1. The third-order valence-electron chi connectivity index (χ3n) is 2.84. The summed E-state index contributed by atoms with van der Waals surface area (Å²) in [5.41, 5.74) is 1.04. The molecule has 5 heteroatoms. The first-order valence-electron chi connectivity index (χ1n) is 5.93. The van der Waals surface area contributed by atoms with Crippen molar-refractivity contribution in [3.63, 3.8) is 0 Å². The van der Waals surface area contributed by atoms with Gasteiger partial charge in [0.25, 0.3) is 0 Å². The first-order chi connectivity index (χ1) is 8.61. The minimum absolute atomic E-state index is 0.0927. The fraction of sp³-hybridized carbons (Fsp3) is 0.462. The topological polar surface area (TPSA) is 38.8 Å². The molecule has 1 aromatic rings. The highest BCUT2D eigenvalue weighted by molar-refractivity contribution is 9.10. The lowest BCUT2D eigenvalue weighted by atomic mass is 10.2. The molecule has 1 amide bonds. The molecule has 0 radical (unpaired) electrons. The Morgan fingerprint density at radius 3 is 2.83 bits per heavy atom. The Kier molecular flexibility index (Phi) is 4.11. The smallest absolute Gasteiger partial charge is 0.236 e. The molecule has 0 fully saturated rings. The molecular formula is C13H16BrNO3. The second-order valence-corrected chi connectivity index (χ2v) is 5.53. The molecule has 18 heavy (non-hydrogen) atoms. The number of alkyl halides is 1. The SMILES string of the molecule is CCN(Cc1ccc2c(c1)OCO2)C(=O)C(C)Br. The van der Waals surface area contributed by atoms with Crippen molar-refractivity contribution in [2.45, 2.75) is 25.2 Å². The number of rotatable bonds is 4. The van der Waals surface area contributed by atoms with Gasteiger partial charge in [0, 0.05) is 13.1 Å². The maximum atomic E-state index is 11.9. The van der Waals surface area contributed by atoms with E-state index in [1.807, 2.05) is 32.0 Å². The van der Waals surface area contributed by atoms with Crippen LogP contribution >= 0.6 is 15.9 Å². The minimum atomic E-state index is -0.161. The molecule has 1 aromatic carbocycles. The van der Waals surface area contributed by atoms with Crippen molar-refractivity contribution in [3.8, 4) is 11.5 Å². The Bertz CT molecular complexity index is 448. The van der Waals surface area contributed by atoms with Crippen LogP contribution in [0.2, 0.25) is 0 Å². The third kappa shape index (κ3) is 2.77. The third-order valence-corrected chi connectivity index (χ3v) is 3.24. The molecule has 0 aliphatic carbocycles. The Morgan fingerprint density at radius 1 is 1.44 bits per heavy atom. The van der Waals surface area contributed by atoms with Gasteiger partial charge in [0.1, 0.15) is 0 Å². The number of halogens is 1. The number of ether oxygens (including phenoxy) is 2. The average Bonchev–Trinajstić information content (AvgIpc) is 2.82. The van der Waals surface area contributed by atoms with Crippen molar-refractivity contribution in [2.24, 2.45) is 0 Å². The van der Waals surface area contributed by atoms with Crippen molar-refractivity contribution < 1.29 is 14.3 Å². The lowest BCUT2D eigenvalue weighted by molar-refractivity contribution is -0.130. The highest BCUT2D eigenvalue weighted by atomic mass is 79.9. The van der Waals surface area contributed by atoms with Gasteiger partial charge in [-0.1, -0.05) is 22.0 Å². The number of amides is 1. The number of hydrogen-bond acceptors (Lipinski definition) is 3. The normalized spacial score (nSPS) is 14.4. The number of carbonyl (C=O) groups excluding carboxylic acids is 1. The summed E-state index contributed by atoms with van der Waals surface area (Å²) in [6, 6.07) is 5.77. The van der Waals surface area contributed by atoms with Crippen LogP contribution in [0.3, 0.4) is 0 Å². The summed E-state index contributed by atoms with van der Waals surface area (Å²) in [5.74, 6) is 1.61. The highest BCUT2D eigenvalue weighted by Crippen LogP contribution is 2.32. The molecule has 98 valence electrons. The van der Waals surface area contributed by atoms with E-state index in [-0.39, 0.29) is 17.5 Å². The molecule has 1 unspecified atom stereocenters. The minimum Gasteiger partial charge on any atom is -0.454 e. The predicted octanol–water partition coefficient (Wildman–Crippen LogP) is 2.55. The lowest BCUT2D eigenvalue weighted by Crippen LogP contribution is -2.34.